The number of benzene rings is 1. The molecule has 0 heterocycles. The molecule has 0 aliphatic rings. The van der Waals surface area contributed by atoms with Crippen LogP contribution in [0, 0.1) is 18.3 Å². The maximum absolute atomic E-state index is 10.7. The van der Waals surface area contributed by atoms with Gasteiger partial charge in [-0.1, -0.05) is 6.07 Å². The summed E-state index contributed by atoms with van der Waals surface area (Å²) in [6, 6.07) is 5.38. The second-order valence-electron chi connectivity index (χ2n) is 2.78. The third-order valence-corrected chi connectivity index (χ3v) is 2.68. The van der Waals surface area contributed by atoms with Gasteiger partial charge in [-0.25, -0.2) is 0 Å². The van der Waals surface area contributed by atoms with Crippen LogP contribution in [0.1, 0.15) is 18.1 Å². The molecular formula is C10H8BrNO2. The second kappa shape index (κ2) is 4.25. The summed E-state index contributed by atoms with van der Waals surface area (Å²) in [6.45, 7) is 3.16. The SMILES string of the molecule is CC(=O)Oc1ccc(C)c(Br)c1C#N. The zero-order valence-corrected chi connectivity index (χ0v) is 9.38. The molecule has 0 saturated carbocycles. The van der Waals surface area contributed by atoms with Crippen LogP contribution in [0.4, 0.5) is 0 Å². The van der Waals surface area contributed by atoms with E-state index in [2.05, 4.69) is 15.9 Å². The molecule has 0 atom stereocenters. The van der Waals surface area contributed by atoms with Crippen LogP contribution in [0.5, 0.6) is 5.75 Å². The molecule has 1 aromatic rings. The summed E-state index contributed by atoms with van der Waals surface area (Å²) in [7, 11) is 0. The Balaban J connectivity index is 3.26. The van der Waals surface area contributed by atoms with Gasteiger partial charge in [-0.05, 0) is 34.5 Å². The Morgan fingerprint density at radius 3 is 2.71 bits per heavy atom. The van der Waals surface area contributed by atoms with E-state index in [1.807, 2.05) is 13.0 Å². The first-order valence-corrected chi connectivity index (χ1v) is 4.73. The van der Waals surface area contributed by atoms with E-state index in [1.165, 1.54) is 6.92 Å². The third-order valence-electron chi connectivity index (χ3n) is 1.66. The summed E-state index contributed by atoms with van der Waals surface area (Å²) >= 11 is 3.27. The van der Waals surface area contributed by atoms with Gasteiger partial charge in [0.05, 0.1) is 0 Å². The summed E-state index contributed by atoms with van der Waals surface area (Å²) in [4.78, 5) is 10.7. The van der Waals surface area contributed by atoms with Crippen molar-refractivity contribution in [3.63, 3.8) is 0 Å². The van der Waals surface area contributed by atoms with Gasteiger partial charge in [-0.15, -0.1) is 0 Å². The zero-order valence-electron chi connectivity index (χ0n) is 7.80. The molecule has 1 rings (SSSR count). The fourth-order valence-corrected chi connectivity index (χ4v) is 1.42. The van der Waals surface area contributed by atoms with Gasteiger partial charge in [0.25, 0.3) is 0 Å². The Labute approximate surface area is 90.4 Å². The molecule has 3 nitrogen and oxygen atoms in total. The quantitative estimate of drug-likeness (QED) is 0.571. The van der Waals surface area contributed by atoms with Crippen molar-refractivity contribution in [1.82, 2.24) is 0 Å². The fourth-order valence-electron chi connectivity index (χ4n) is 1.01. The number of ether oxygens (including phenoxy) is 1. The minimum Gasteiger partial charge on any atom is -0.425 e. The van der Waals surface area contributed by atoms with Gasteiger partial charge in [-0.2, -0.15) is 5.26 Å². The molecule has 1 aromatic carbocycles. The van der Waals surface area contributed by atoms with E-state index in [0.717, 1.165) is 5.56 Å². The predicted octanol–water partition coefficient (Wildman–Crippen LogP) is 2.55. The Kier molecular flexibility index (Phi) is 3.26. The summed E-state index contributed by atoms with van der Waals surface area (Å²) < 4.78 is 5.55. The number of carbonyl (C=O) groups is 1. The minimum absolute atomic E-state index is 0.289. The fraction of sp³-hybridized carbons (Fsp3) is 0.200. The number of halogens is 1. The molecule has 0 bridgehead atoms. The number of carbonyl (C=O) groups excluding carboxylic acids is 1. The second-order valence-corrected chi connectivity index (χ2v) is 3.57. The van der Waals surface area contributed by atoms with E-state index >= 15 is 0 Å². The van der Waals surface area contributed by atoms with Crippen LogP contribution in [-0.2, 0) is 4.79 Å². The average molecular weight is 254 g/mol. The first kappa shape index (κ1) is 10.7. The Hall–Kier alpha value is -1.34. The number of aryl methyl sites for hydroxylation is 1. The largest absolute Gasteiger partial charge is 0.425 e. The van der Waals surface area contributed by atoms with Gasteiger partial charge < -0.3 is 4.74 Å². The van der Waals surface area contributed by atoms with Crippen LogP contribution < -0.4 is 4.74 Å². The van der Waals surface area contributed by atoms with E-state index in [1.54, 1.807) is 12.1 Å². The highest BCUT2D eigenvalue weighted by atomic mass is 79.9. The third kappa shape index (κ3) is 2.12. The Morgan fingerprint density at radius 1 is 1.57 bits per heavy atom. The number of rotatable bonds is 1. The monoisotopic (exact) mass is 253 g/mol. The summed E-state index contributed by atoms with van der Waals surface area (Å²) in [5.41, 5.74) is 1.28. The molecule has 0 N–H and O–H groups in total. The molecule has 72 valence electrons. The molecule has 0 fully saturated rings. The van der Waals surface area contributed by atoms with Crippen LogP contribution in [0.15, 0.2) is 16.6 Å². The number of nitriles is 1. The first-order chi connectivity index (χ1) is 6.56. The van der Waals surface area contributed by atoms with Crippen molar-refractivity contribution < 1.29 is 9.53 Å². The normalized spacial score (nSPS) is 9.29. The maximum atomic E-state index is 10.7. The average Bonchev–Trinajstić information content (AvgIpc) is 2.11. The van der Waals surface area contributed by atoms with Gasteiger partial charge in [0, 0.05) is 11.4 Å². The van der Waals surface area contributed by atoms with Gasteiger partial charge in [0.2, 0.25) is 0 Å². The number of hydrogen-bond donors (Lipinski definition) is 0. The predicted molar refractivity (Wildman–Crippen MR) is 54.9 cm³/mol. The topological polar surface area (TPSA) is 50.1 Å². The Morgan fingerprint density at radius 2 is 2.21 bits per heavy atom. The van der Waals surface area contributed by atoms with Crippen molar-refractivity contribution in [2.24, 2.45) is 0 Å². The summed E-state index contributed by atoms with van der Waals surface area (Å²) in [5, 5.41) is 8.87. The molecular weight excluding hydrogens is 246 g/mol. The van der Waals surface area contributed by atoms with Crippen LogP contribution in [-0.4, -0.2) is 5.97 Å². The lowest BCUT2D eigenvalue weighted by Crippen LogP contribution is -2.03. The van der Waals surface area contributed by atoms with Gasteiger partial charge in [0.15, 0.2) is 0 Å². The van der Waals surface area contributed by atoms with Crippen molar-refractivity contribution >= 4 is 21.9 Å². The lowest BCUT2D eigenvalue weighted by Gasteiger charge is -2.06. The number of hydrogen-bond acceptors (Lipinski definition) is 3. The zero-order chi connectivity index (χ0) is 10.7. The van der Waals surface area contributed by atoms with Crippen molar-refractivity contribution in [3.8, 4) is 11.8 Å². The van der Waals surface area contributed by atoms with Crippen molar-refractivity contribution in [3.05, 3.63) is 27.7 Å². The smallest absolute Gasteiger partial charge is 0.308 e. The van der Waals surface area contributed by atoms with E-state index in [9.17, 15) is 4.79 Å². The molecule has 0 amide bonds. The molecule has 0 spiro atoms. The molecule has 0 aliphatic heterocycles. The van der Waals surface area contributed by atoms with Gasteiger partial charge >= 0.3 is 5.97 Å². The first-order valence-electron chi connectivity index (χ1n) is 3.94. The molecule has 0 unspecified atom stereocenters. The summed E-state index contributed by atoms with van der Waals surface area (Å²) in [6.07, 6.45) is 0. The van der Waals surface area contributed by atoms with Crippen LogP contribution in [0.25, 0.3) is 0 Å². The van der Waals surface area contributed by atoms with E-state index < -0.39 is 5.97 Å². The van der Waals surface area contributed by atoms with E-state index in [0.29, 0.717) is 10.0 Å². The highest BCUT2D eigenvalue weighted by molar-refractivity contribution is 9.10. The Bertz CT molecular complexity index is 421. The van der Waals surface area contributed by atoms with Gasteiger partial charge in [-0.3, -0.25) is 4.79 Å². The molecule has 0 aliphatic carbocycles. The summed E-state index contributed by atoms with van der Waals surface area (Å²) in [5.74, 6) is -0.144. The van der Waals surface area contributed by atoms with Crippen LogP contribution in [0.2, 0.25) is 0 Å². The van der Waals surface area contributed by atoms with Crippen molar-refractivity contribution in [2.75, 3.05) is 0 Å². The highest BCUT2D eigenvalue weighted by Gasteiger charge is 2.11. The molecule has 0 aromatic heterocycles. The van der Waals surface area contributed by atoms with E-state index in [-0.39, 0.29) is 5.75 Å². The van der Waals surface area contributed by atoms with Crippen molar-refractivity contribution in [1.29, 1.82) is 5.26 Å². The molecule has 4 heteroatoms. The standard InChI is InChI=1S/C10H8BrNO2/c1-6-3-4-9(14-7(2)13)8(5-12)10(6)11/h3-4H,1-2H3. The maximum Gasteiger partial charge on any atom is 0.308 e. The van der Waals surface area contributed by atoms with Crippen LogP contribution >= 0.6 is 15.9 Å². The van der Waals surface area contributed by atoms with Crippen LogP contribution in [0.3, 0.4) is 0 Å². The minimum atomic E-state index is -0.433. The highest BCUT2D eigenvalue weighted by Crippen LogP contribution is 2.29. The lowest BCUT2D eigenvalue weighted by atomic mass is 10.1. The van der Waals surface area contributed by atoms with Crippen molar-refractivity contribution in [2.45, 2.75) is 13.8 Å². The molecule has 14 heavy (non-hydrogen) atoms. The van der Waals surface area contributed by atoms with Gasteiger partial charge in [0.1, 0.15) is 17.4 Å². The molecule has 0 radical (unpaired) electrons. The molecule has 0 saturated heterocycles. The number of esters is 1. The van der Waals surface area contributed by atoms with E-state index in [4.69, 9.17) is 10.00 Å². The lowest BCUT2D eigenvalue weighted by molar-refractivity contribution is -0.131. The number of nitrogens with zero attached hydrogens (tertiary/aromatic N) is 1.